The Kier molecular flexibility index (Phi) is 12.4. The van der Waals surface area contributed by atoms with Gasteiger partial charge in [-0.2, -0.15) is 0 Å². The van der Waals surface area contributed by atoms with Crippen LogP contribution in [0.2, 0.25) is 0 Å². The molecule has 5 N–H and O–H groups in total. The second-order valence-corrected chi connectivity index (χ2v) is 18.4. The van der Waals surface area contributed by atoms with Gasteiger partial charge in [-0.15, -0.1) is 11.3 Å². The molecular weight excluding hydrogens is 823 g/mol. The van der Waals surface area contributed by atoms with E-state index in [0.29, 0.717) is 76.0 Å². The summed E-state index contributed by atoms with van der Waals surface area (Å²) in [5.41, 5.74) is 11.4. The van der Waals surface area contributed by atoms with Crippen LogP contribution in [0.4, 0.5) is 11.8 Å². The monoisotopic (exact) mass is 877 g/mol. The van der Waals surface area contributed by atoms with Gasteiger partial charge in [-0.25, -0.2) is 19.9 Å². The van der Waals surface area contributed by atoms with Crippen LogP contribution in [0, 0.1) is 0 Å². The third-order valence-corrected chi connectivity index (χ3v) is 13.7. The molecule has 0 radical (unpaired) electrons. The summed E-state index contributed by atoms with van der Waals surface area (Å²) in [6.07, 6.45) is 3.31. The second-order valence-electron chi connectivity index (χ2n) is 17.3. The summed E-state index contributed by atoms with van der Waals surface area (Å²) in [6, 6.07) is 11.0. The van der Waals surface area contributed by atoms with Gasteiger partial charge >= 0.3 is 0 Å². The van der Waals surface area contributed by atoms with Gasteiger partial charge in [-0.3, -0.25) is 24.3 Å². The van der Waals surface area contributed by atoms with E-state index in [1.165, 1.54) is 10.9 Å². The van der Waals surface area contributed by atoms with Crippen molar-refractivity contribution in [2.75, 3.05) is 95.9 Å². The molecule has 3 fully saturated rings. The second kappa shape index (κ2) is 18.3. The quantitative estimate of drug-likeness (QED) is 0.151. The van der Waals surface area contributed by atoms with Crippen LogP contribution >= 0.6 is 11.3 Å². The zero-order valence-corrected chi connectivity index (χ0v) is 36.6. The van der Waals surface area contributed by atoms with Gasteiger partial charge in [-0.1, -0.05) is 32.0 Å². The predicted octanol–water partition coefficient (Wildman–Crippen LogP) is 3.08. The lowest BCUT2D eigenvalue weighted by Crippen LogP contribution is -2.58. The van der Waals surface area contributed by atoms with Crippen molar-refractivity contribution in [2.45, 2.75) is 52.0 Å². The molecular formula is C45H55N11O6S. The van der Waals surface area contributed by atoms with E-state index in [1.807, 2.05) is 18.7 Å². The minimum Gasteiger partial charge on any atom is -0.508 e. The Morgan fingerprint density at radius 2 is 1.59 bits per heavy atom. The first-order valence-electron chi connectivity index (χ1n) is 21.7. The number of amides is 2. The number of hydrogen-bond acceptors (Lipinski definition) is 16. The molecule has 63 heavy (non-hydrogen) atoms. The first kappa shape index (κ1) is 42.8. The number of nitrogens with two attached hydrogens (primary N) is 1. The third-order valence-electron chi connectivity index (χ3n) is 12.6. The molecule has 9 rings (SSSR count). The molecule has 332 valence electrons. The van der Waals surface area contributed by atoms with Crippen LogP contribution in [0.25, 0.3) is 21.6 Å². The van der Waals surface area contributed by atoms with Crippen LogP contribution in [0.15, 0.2) is 48.8 Å². The number of aliphatic hydroxyl groups excluding tert-OH is 1. The standard InChI is InChI=1S/C45H55N11O6S/c1-28(2)35-17-36(39(59)18-38(35)58)44(61)55-22-30-4-3-29(15-31(30)23-55)21-53-9-10-56(33(24-53)27-57)40(60)26-52-7-5-51(6-8-52)25-34-16-37-41(63-34)43(54-11-13-62-14-12-54)50-42(49-37)32-19-47-45(46)48-20-32/h3-4,15-20,28,33,57-59H,5-14,21-27H2,1-2H3,(H2,46,47,48)/t33-/m0/s1. The molecule has 0 aliphatic carbocycles. The number of aliphatic hydroxyl groups is 1. The molecule has 0 spiro atoms. The first-order chi connectivity index (χ1) is 30.5. The first-order valence-corrected chi connectivity index (χ1v) is 22.6. The van der Waals surface area contributed by atoms with Crippen molar-refractivity contribution < 1.29 is 29.6 Å². The highest BCUT2D eigenvalue weighted by molar-refractivity contribution is 7.19. The van der Waals surface area contributed by atoms with Crippen LogP contribution in [0.5, 0.6) is 11.5 Å². The van der Waals surface area contributed by atoms with E-state index in [2.05, 4.69) is 53.8 Å². The largest absolute Gasteiger partial charge is 0.508 e. The number of phenols is 2. The number of fused-ring (bicyclic) bond motifs is 2. The number of thiophene rings is 1. The molecule has 0 saturated carbocycles. The highest BCUT2D eigenvalue weighted by Crippen LogP contribution is 2.37. The molecule has 0 unspecified atom stereocenters. The number of carbonyl (C=O) groups is 2. The van der Waals surface area contributed by atoms with E-state index in [1.54, 1.807) is 34.7 Å². The molecule has 18 heteroatoms. The number of carbonyl (C=O) groups excluding carboxylic acids is 2. The number of piperazine rings is 2. The molecule has 3 saturated heterocycles. The van der Waals surface area contributed by atoms with Crippen molar-refractivity contribution >= 4 is 45.1 Å². The summed E-state index contributed by atoms with van der Waals surface area (Å²) in [5, 5.41) is 31.2. The molecule has 5 aromatic rings. The molecule has 2 aromatic carbocycles. The van der Waals surface area contributed by atoms with Gasteiger partial charge < -0.3 is 40.5 Å². The van der Waals surface area contributed by atoms with Crippen LogP contribution < -0.4 is 10.6 Å². The highest BCUT2D eigenvalue weighted by Gasteiger charge is 2.33. The molecule has 4 aliphatic rings. The number of rotatable bonds is 11. The smallest absolute Gasteiger partial charge is 0.258 e. The van der Waals surface area contributed by atoms with Crippen molar-refractivity contribution in [2.24, 2.45) is 0 Å². The zero-order chi connectivity index (χ0) is 43.8. The Bertz CT molecular complexity index is 2470. The molecule has 7 heterocycles. The van der Waals surface area contributed by atoms with Crippen LogP contribution in [-0.4, -0.2) is 163 Å². The number of nitrogen functional groups attached to an aromatic ring is 1. The number of anilines is 2. The maximum absolute atomic E-state index is 13.7. The Morgan fingerprint density at radius 3 is 2.33 bits per heavy atom. The Hall–Kier alpha value is -5.50. The Morgan fingerprint density at radius 1 is 0.857 bits per heavy atom. The minimum atomic E-state index is -0.296. The summed E-state index contributed by atoms with van der Waals surface area (Å²) in [7, 11) is 0. The molecule has 2 amide bonds. The molecule has 1 atom stereocenters. The Balaban J connectivity index is 0.769. The van der Waals surface area contributed by atoms with E-state index in [4.69, 9.17) is 20.4 Å². The summed E-state index contributed by atoms with van der Waals surface area (Å²) >= 11 is 1.73. The summed E-state index contributed by atoms with van der Waals surface area (Å²) in [6.45, 7) is 14.2. The van der Waals surface area contributed by atoms with Crippen LogP contribution in [0.1, 0.15) is 57.3 Å². The molecule has 0 bridgehead atoms. The predicted molar refractivity (Wildman–Crippen MR) is 239 cm³/mol. The van der Waals surface area contributed by atoms with Crippen LogP contribution in [0.3, 0.4) is 0 Å². The lowest BCUT2D eigenvalue weighted by Gasteiger charge is -2.42. The SMILES string of the molecule is CC(C)c1cc(C(=O)N2Cc3ccc(CN4CCN(C(=O)CN5CCN(Cc6cc7nc(-c8cnc(N)nc8)nc(N8CCOCC8)c7s6)CC5)[C@H](CO)C4)cc3C2)c(O)cc1O. The average Bonchev–Trinajstić information content (AvgIpc) is 3.90. The highest BCUT2D eigenvalue weighted by atomic mass is 32.1. The number of benzene rings is 2. The van der Waals surface area contributed by atoms with E-state index < -0.39 is 0 Å². The van der Waals surface area contributed by atoms with Gasteiger partial charge in [0.25, 0.3) is 5.91 Å². The number of morpholine rings is 1. The van der Waals surface area contributed by atoms with Gasteiger partial charge in [0, 0.05) is 108 Å². The third kappa shape index (κ3) is 9.28. The minimum absolute atomic E-state index is 0.00467. The van der Waals surface area contributed by atoms with Crippen molar-refractivity contribution in [3.8, 4) is 22.9 Å². The molecule has 3 aromatic heterocycles. The van der Waals surface area contributed by atoms with Gasteiger partial charge in [0.05, 0.1) is 53.8 Å². The number of hydrogen-bond donors (Lipinski definition) is 4. The summed E-state index contributed by atoms with van der Waals surface area (Å²) < 4.78 is 6.68. The summed E-state index contributed by atoms with van der Waals surface area (Å²) in [5.74, 6) is 1.19. The lowest BCUT2D eigenvalue weighted by molar-refractivity contribution is -0.139. The van der Waals surface area contributed by atoms with Gasteiger partial charge in [-0.05, 0) is 40.3 Å². The average molecular weight is 878 g/mol. The number of nitrogens with zero attached hydrogens (tertiary/aromatic N) is 10. The zero-order valence-electron chi connectivity index (χ0n) is 35.8. The van der Waals surface area contributed by atoms with E-state index in [-0.39, 0.29) is 53.4 Å². The Labute approximate surface area is 370 Å². The van der Waals surface area contributed by atoms with Crippen molar-refractivity contribution in [1.29, 1.82) is 0 Å². The molecule has 4 aliphatic heterocycles. The maximum Gasteiger partial charge on any atom is 0.258 e. The van der Waals surface area contributed by atoms with Gasteiger partial charge in [0.1, 0.15) is 11.5 Å². The lowest BCUT2D eigenvalue weighted by atomic mass is 9.98. The van der Waals surface area contributed by atoms with Crippen molar-refractivity contribution in [1.82, 2.24) is 44.4 Å². The number of aromatic hydroxyl groups is 2. The van der Waals surface area contributed by atoms with E-state index in [0.717, 1.165) is 78.5 Å². The fraction of sp³-hybridized carbons (Fsp3) is 0.467. The van der Waals surface area contributed by atoms with E-state index in [9.17, 15) is 24.9 Å². The van der Waals surface area contributed by atoms with Gasteiger partial charge in [0.2, 0.25) is 11.9 Å². The van der Waals surface area contributed by atoms with Crippen molar-refractivity contribution in [3.63, 3.8) is 0 Å². The van der Waals surface area contributed by atoms with Crippen LogP contribution in [-0.2, 0) is 35.7 Å². The number of aromatic nitrogens is 4. The van der Waals surface area contributed by atoms with Gasteiger partial charge in [0.15, 0.2) is 11.6 Å². The fourth-order valence-electron chi connectivity index (χ4n) is 9.12. The van der Waals surface area contributed by atoms with E-state index >= 15 is 0 Å². The number of ether oxygens (including phenoxy) is 1. The molecule has 17 nitrogen and oxygen atoms in total. The maximum atomic E-state index is 13.7. The topological polar surface area (TPSA) is 201 Å². The number of phenolic OH excluding ortho intramolecular Hbond substituents is 2. The van der Waals surface area contributed by atoms with Crippen molar-refractivity contribution in [3.05, 3.63) is 81.5 Å². The normalized spacial score (nSPS) is 19.0. The summed E-state index contributed by atoms with van der Waals surface area (Å²) in [4.78, 5) is 59.4. The fourth-order valence-corrected chi connectivity index (χ4v) is 10.3.